The van der Waals surface area contributed by atoms with Crippen LogP contribution in [0.15, 0.2) is 22.7 Å². The molecule has 94 valence electrons. The van der Waals surface area contributed by atoms with Crippen LogP contribution in [0.25, 0.3) is 0 Å². The Labute approximate surface area is 115 Å². The van der Waals surface area contributed by atoms with Gasteiger partial charge in [-0.15, -0.1) is 12.4 Å². The highest BCUT2D eigenvalue weighted by molar-refractivity contribution is 9.10. The fourth-order valence-electron chi connectivity index (χ4n) is 1.92. The summed E-state index contributed by atoms with van der Waals surface area (Å²) in [6.07, 6.45) is 0.690. The smallest absolute Gasteiger partial charge is 0.323 e. The van der Waals surface area contributed by atoms with Crippen molar-refractivity contribution >= 4 is 34.3 Å². The average Bonchev–Trinajstić information content (AvgIpc) is 2.29. The van der Waals surface area contributed by atoms with Crippen LogP contribution in [0.5, 0.6) is 0 Å². The van der Waals surface area contributed by atoms with Crippen molar-refractivity contribution in [2.75, 3.05) is 6.61 Å². The molecule has 2 rings (SSSR count). The predicted octanol–water partition coefficient (Wildman–Crippen LogP) is 2.45. The standard InChI is InChI=1S/C12H14BrNO2.ClH/c1-2-16-12(15)11-6-9-8(7-14-11)4-3-5-10(9)13;/h3-5,11,14H,2,6-7H2,1H3;1H/t11-;/m0./s1. The van der Waals surface area contributed by atoms with E-state index < -0.39 is 0 Å². The maximum atomic E-state index is 11.6. The van der Waals surface area contributed by atoms with Crippen LogP contribution in [0, 0.1) is 0 Å². The number of rotatable bonds is 2. The van der Waals surface area contributed by atoms with Crippen molar-refractivity contribution in [1.82, 2.24) is 5.32 Å². The highest BCUT2D eigenvalue weighted by Gasteiger charge is 2.26. The van der Waals surface area contributed by atoms with Crippen LogP contribution in [0.3, 0.4) is 0 Å². The molecule has 3 nitrogen and oxygen atoms in total. The lowest BCUT2D eigenvalue weighted by atomic mass is 9.96. The molecule has 0 unspecified atom stereocenters. The number of fused-ring (bicyclic) bond motifs is 1. The van der Waals surface area contributed by atoms with E-state index in [0.717, 1.165) is 11.0 Å². The van der Waals surface area contributed by atoms with E-state index in [4.69, 9.17) is 4.74 Å². The van der Waals surface area contributed by atoms with Crippen LogP contribution in [0.2, 0.25) is 0 Å². The molecule has 0 saturated carbocycles. The molecule has 0 saturated heterocycles. The Balaban J connectivity index is 0.00000144. The third-order valence-corrected chi connectivity index (χ3v) is 3.48. The summed E-state index contributed by atoms with van der Waals surface area (Å²) in [6, 6.07) is 5.88. The first-order valence-electron chi connectivity index (χ1n) is 5.38. The van der Waals surface area contributed by atoms with Gasteiger partial charge in [-0.25, -0.2) is 0 Å². The zero-order chi connectivity index (χ0) is 11.5. The zero-order valence-corrected chi connectivity index (χ0v) is 11.9. The lowest BCUT2D eigenvalue weighted by molar-refractivity contribution is -0.145. The second-order valence-corrected chi connectivity index (χ2v) is 4.62. The minimum atomic E-state index is -0.217. The Bertz CT molecular complexity index is 411. The van der Waals surface area contributed by atoms with E-state index in [0.29, 0.717) is 13.0 Å². The summed E-state index contributed by atoms with van der Waals surface area (Å²) >= 11 is 3.52. The molecule has 1 aliphatic heterocycles. The quantitative estimate of drug-likeness (QED) is 0.851. The van der Waals surface area contributed by atoms with Crippen LogP contribution >= 0.6 is 28.3 Å². The molecule has 0 aromatic heterocycles. The fraction of sp³-hybridized carbons (Fsp3) is 0.417. The fourth-order valence-corrected chi connectivity index (χ4v) is 2.49. The van der Waals surface area contributed by atoms with Gasteiger partial charge in [0.25, 0.3) is 0 Å². The minimum absolute atomic E-state index is 0. The second kappa shape index (κ2) is 6.38. The van der Waals surface area contributed by atoms with Crippen molar-refractivity contribution in [2.24, 2.45) is 0 Å². The van der Waals surface area contributed by atoms with Crippen molar-refractivity contribution in [1.29, 1.82) is 0 Å². The Hall–Kier alpha value is -0.580. The van der Waals surface area contributed by atoms with Crippen LogP contribution in [0.1, 0.15) is 18.1 Å². The van der Waals surface area contributed by atoms with Crippen molar-refractivity contribution in [3.8, 4) is 0 Å². The normalized spacial score (nSPS) is 17.9. The molecule has 1 aromatic rings. The Kier molecular flexibility index (Phi) is 5.43. The number of esters is 1. The highest BCUT2D eigenvalue weighted by Crippen LogP contribution is 2.25. The number of carbonyl (C=O) groups is 1. The van der Waals surface area contributed by atoms with Gasteiger partial charge in [0.2, 0.25) is 0 Å². The number of ether oxygens (including phenoxy) is 1. The van der Waals surface area contributed by atoms with Crippen molar-refractivity contribution in [3.63, 3.8) is 0 Å². The summed E-state index contributed by atoms with van der Waals surface area (Å²) in [7, 11) is 0. The number of nitrogens with one attached hydrogen (secondary N) is 1. The first-order valence-corrected chi connectivity index (χ1v) is 6.18. The van der Waals surface area contributed by atoms with E-state index in [1.54, 1.807) is 0 Å². The summed E-state index contributed by atoms with van der Waals surface area (Å²) in [5, 5.41) is 3.19. The molecule has 5 heteroatoms. The van der Waals surface area contributed by atoms with E-state index in [9.17, 15) is 4.79 Å². The number of carbonyl (C=O) groups excluding carboxylic acids is 1. The molecule has 0 aliphatic carbocycles. The lowest BCUT2D eigenvalue weighted by Crippen LogP contribution is -2.42. The average molecular weight is 321 g/mol. The molecule has 17 heavy (non-hydrogen) atoms. The summed E-state index contributed by atoms with van der Waals surface area (Å²) in [5.74, 6) is -0.163. The Morgan fingerprint density at radius 2 is 2.35 bits per heavy atom. The third-order valence-electron chi connectivity index (χ3n) is 2.73. The van der Waals surface area contributed by atoms with Gasteiger partial charge in [0.15, 0.2) is 0 Å². The van der Waals surface area contributed by atoms with E-state index in [1.807, 2.05) is 19.1 Å². The van der Waals surface area contributed by atoms with Crippen LogP contribution in [0.4, 0.5) is 0 Å². The van der Waals surface area contributed by atoms with Gasteiger partial charge in [0.05, 0.1) is 6.61 Å². The molecule has 1 aliphatic rings. The topological polar surface area (TPSA) is 38.3 Å². The predicted molar refractivity (Wildman–Crippen MR) is 72.4 cm³/mol. The van der Waals surface area contributed by atoms with Crippen LogP contribution in [-0.4, -0.2) is 18.6 Å². The molecule has 1 aromatic carbocycles. The van der Waals surface area contributed by atoms with Gasteiger partial charge in [0.1, 0.15) is 6.04 Å². The van der Waals surface area contributed by atoms with Gasteiger partial charge in [-0.2, -0.15) is 0 Å². The number of benzene rings is 1. The maximum absolute atomic E-state index is 11.6. The Morgan fingerprint density at radius 1 is 1.59 bits per heavy atom. The van der Waals surface area contributed by atoms with Gasteiger partial charge < -0.3 is 10.1 Å². The molecule has 0 spiro atoms. The van der Waals surface area contributed by atoms with Gasteiger partial charge in [0, 0.05) is 11.0 Å². The van der Waals surface area contributed by atoms with Crippen LogP contribution < -0.4 is 5.32 Å². The van der Waals surface area contributed by atoms with Crippen molar-refractivity contribution < 1.29 is 9.53 Å². The summed E-state index contributed by atoms with van der Waals surface area (Å²) in [5.41, 5.74) is 2.45. The SMILES string of the molecule is CCOC(=O)[C@@H]1Cc2c(Br)cccc2CN1.Cl. The molecule has 0 bridgehead atoms. The monoisotopic (exact) mass is 319 g/mol. The summed E-state index contributed by atoms with van der Waals surface area (Å²) < 4.78 is 6.09. The van der Waals surface area contributed by atoms with Gasteiger partial charge >= 0.3 is 5.97 Å². The summed E-state index contributed by atoms with van der Waals surface area (Å²) in [6.45, 7) is 2.97. The number of hydrogen-bond donors (Lipinski definition) is 1. The van der Waals surface area contributed by atoms with E-state index >= 15 is 0 Å². The first-order chi connectivity index (χ1) is 7.72. The van der Waals surface area contributed by atoms with Crippen molar-refractivity contribution in [3.05, 3.63) is 33.8 Å². The highest BCUT2D eigenvalue weighted by atomic mass is 79.9. The second-order valence-electron chi connectivity index (χ2n) is 3.77. The number of hydrogen-bond acceptors (Lipinski definition) is 3. The van der Waals surface area contributed by atoms with Crippen LogP contribution in [-0.2, 0) is 22.5 Å². The molecule has 0 amide bonds. The molecule has 1 N–H and O–H groups in total. The molecular formula is C12H15BrClNO2. The molecular weight excluding hydrogens is 305 g/mol. The van der Waals surface area contributed by atoms with E-state index in [2.05, 4.69) is 27.3 Å². The Morgan fingerprint density at radius 3 is 3.06 bits per heavy atom. The van der Waals surface area contributed by atoms with Crippen molar-refractivity contribution in [2.45, 2.75) is 25.9 Å². The number of halogens is 2. The van der Waals surface area contributed by atoms with E-state index in [1.165, 1.54) is 11.1 Å². The zero-order valence-electron chi connectivity index (χ0n) is 9.53. The first kappa shape index (κ1) is 14.5. The minimum Gasteiger partial charge on any atom is -0.465 e. The van der Waals surface area contributed by atoms with Gasteiger partial charge in [-0.05, 0) is 30.5 Å². The molecule has 1 atom stereocenters. The molecule has 0 radical (unpaired) electrons. The molecule has 1 heterocycles. The largest absolute Gasteiger partial charge is 0.465 e. The van der Waals surface area contributed by atoms with Gasteiger partial charge in [-0.1, -0.05) is 28.1 Å². The van der Waals surface area contributed by atoms with E-state index in [-0.39, 0.29) is 24.4 Å². The third kappa shape index (κ3) is 3.21. The lowest BCUT2D eigenvalue weighted by Gasteiger charge is -2.25. The summed E-state index contributed by atoms with van der Waals surface area (Å²) in [4.78, 5) is 11.6. The molecule has 0 fully saturated rings. The maximum Gasteiger partial charge on any atom is 0.323 e. The van der Waals surface area contributed by atoms with Gasteiger partial charge in [-0.3, -0.25) is 4.79 Å².